The van der Waals surface area contributed by atoms with E-state index in [1.807, 2.05) is 13.1 Å². The number of rotatable bonds is 7. The van der Waals surface area contributed by atoms with Crippen LogP contribution >= 0.6 is 24.0 Å². The summed E-state index contributed by atoms with van der Waals surface area (Å²) in [5, 5.41) is 6.81. The first-order valence-electron chi connectivity index (χ1n) is 8.56. The molecule has 6 heteroatoms. The highest BCUT2D eigenvalue weighted by molar-refractivity contribution is 14.0. The Morgan fingerprint density at radius 2 is 1.92 bits per heavy atom. The van der Waals surface area contributed by atoms with E-state index in [1.165, 1.54) is 5.56 Å². The Morgan fingerprint density at radius 1 is 1.21 bits per heavy atom. The van der Waals surface area contributed by atoms with E-state index in [-0.39, 0.29) is 24.0 Å². The molecule has 0 spiro atoms. The van der Waals surface area contributed by atoms with Gasteiger partial charge in [0.15, 0.2) is 5.96 Å². The summed E-state index contributed by atoms with van der Waals surface area (Å²) in [7, 11) is 1.82. The van der Waals surface area contributed by atoms with E-state index in [2.05, 4.69) is 51.7 Å². The summed E-state index contributed by atoms with van der Waals surface area (Å²) in [5.74, 6) is 1.47. The van der Waals surface area contributed by atoms with Gasteiger partial charge in [-0.2, -0.15) is 0 Å². The van der Waals surface area contributed by atoms with Crippen LogP contribution in [0.4, 0.5) is 0 Å². The number of guanidine groups is 1. The van der Waals surface area contributed by atoms with Gasteiger partial charge in [0, 0.05) is 39.8 Å². The second-order valence-corrected chi connectivity index (χ2v) is 6.13. The monoisotopic (exact) mass is 446 g/mol. The average molecular weight is 446 g/mol. The second kappa shape index (κ2) is 12.5. The first-order valence-corrected chi connectivity index (χ1v) is 8.56. The van der Waals surface area contributed by atoms with Crippen molar-refractivity contribution in [2.75, 3.05) is 53.0 Å². The summed E-state index contributed by atoms with van der Waals surface area (Å²) >= 11 is 0. The van der Waals surface area contributed by atoms with Crippen molar-refractivity contribution in [3.05, 3.63) is 35.9 Å². The minimum atomic E-state index is 0. The van der Waals surface area contributed by atoms with Gasteiger partial charge in [0.25, 0.3) is 0 Å². The quantitative estimate of drug-likeness (QED) is 0.382. The van der Waals surface area contributed by atoms with Gasteiger partial charge in [0.05, 0.1) is 13.2 Å². The van der Waals surface area contributed by atoms with Crippen LogP contribution in [0.5, 0.6) is 0 Å². The van der Waals surface area contributed by atoms with Crippen LogP contribution in [0, 0.1) is 5.92 Å². The van der Waals surface area contributed by atoms with E-state index in [4.69, 9.17) is 4.74 Å². The third-order valence-electron chi connectivity index (χ3n) is 4.06. The van der Waals surface area contributed by atoms with Crippen molar-refractivity contribution in [2.45, 2.75) is 13.3 Å². The number of hydrogen-bond donors (Lipinski definition) is 2. The van der Waals surface area contributed by atoms with Crippen molar-refractivity contribution in [3.63, 3.8) is 0 Å². The molecule has 136 valence electrons. The fourth-order valence-electron chi connectivity index (χ4n) is 2.75. The lowest BCUT2D eigenvalue weighted by Crippen LogP contribution is -2.44. The average Bonchev–Trinajstić information content (AvgIpc) is 2.59. The van der Waals surface area contributed by atoms with Gasteiger partial charge < -0.3 is 15.4 Å². The zero-order chi connectivity index (χ0) is 16.3. The predicted octanol–water partition coefficient (Wildman–Crippen LogP) is 1.98. The molecule has 0 aromatic heterocycles. The Hall–Kier alpha value is -0.860. The summed E-state index contributed by atoms with van der Waals surface area (Å²) in [6.07, 6.45) is 1.00. The maximum absolute atomic E-state index is 5.39. The van der Waals surface area contributed by atoms with Crippen LogP contribution in [-0.2, 0) is 11.2 Å². The zero-order valence-electron chi connectivity index (χ0n) is 14.8. The Bertz CT molecular complexity index is 463. The van der Waals surface area contributed by atoms with Crippen molar-refractivity contribution in [1.82, 2.24) is 15.5 Å². The summed E-state index contributed by atoms with van der Waals surface area (Å²) < 4.78 is 5.39. The summed E-state index contributed by atoms with van der Waals surface area (Å²) in [6, 6.07) is 10.5. The van der Waals surface area contributed by atoms with Gasteiger partial charge in [-0.25, -0.2) is 0 Å². The lowest BCUT2D eigenvalue weighted by molar-refractivity contribution is 0.0320. The molecule has 1 heterocycles. The van der Waals surface area contributed by atoms with Crippen LogP contribution in [0.15, 0.2) is 35.3 Å². The Kier molecular flexibility index (Phi) is 11.0. The molecule has 1 atom stereocenters. The molecule has 5 nitrogen and oxygen atoms in total. The first-order chi connectivity index (χ1) is 11.3. The first kappa shape index (κ1) is 21.2. The molecule has 0 radical (unpaired) electrons. The Balaban J connectivity index is 0.00000288. The maximum Gasteiger partial charge on any atom is 0.190 e. The van der Waals surface area contributed by atoms with Crippen molar-refractivity contribution in [1.29, 1.82) is 0 Å². The van der Waals surface area contributed by atoms with Gasteiger partial charge in [0.2, 0.25) is 0 Å². The van der Waals surface area contributed by atoms with Crippen LogP contribution in [0.25, 0.3) is 0 Å². The molecule has 1 aromatic carbocycles. The van der Waals surface area contributed by atoms with E-state index < -0.39 is 0 Å². The van der Waals surface area contributed by atoms with Crippen molar-refractivity contribution in [3.8, 4) is 0 Å². The summed E-state index contributed by atoms with van der Waals surface area (Å²) in [6.45, 7) is 9.04. The van der Waals surface area contributed by atoms with Crippen LogP contribution in [0.1, 0.15) is 12.5 Å². The van der Waals surface area contributed by atoms with Crippen molar-refractivity contribution >= 4 is 29.9 Å². The molecule has 0 aliphatic carbocycles. The van der Waals surface area contributed by atoms with Gasteiger partial charge in [0.1, 0.15) is 0 Å². The number of benzene rings is 1. The molecule has 1 saturated heterocycles. The van der Waals surface area contributed by atoms with E-state index in [9.17, 15) is 0 Å². The number of ether oxygens (including phenoxy) is 1. The third kappa shape index (κ3) is 8.30. The maximum atomic E-state index is 5.39. The number of nitrogens with zero attached hydrogens (tertiary/aromatic N) is 2. The molecule has 1 aromatic rings. The highest BCUT2D eigenvalue weighted by atomic mass is 127. The van der Waals surface area contributed by atoms with Crippen LogP contribution in [-0.4, -0.2) is 63.8 Å². The number of aliphatic imine (C=N–C) groups is 1. The van der Waals surface area contributed by atoms with E-state index in [0.29, 0.717) is 5.92 Å². The third-order valence-corrected chi connectivity index (χ3v) is 4.06. The van der Waals surface area contributed by atoms with Crippen molar-refractivity contribution < 1.29 is 4.74 Å². The zero-order valence-corrected chi connectivity index (χ0v) is 17.2. The van der Waals surface area contributed by atoms with Gasteiger partial charge in [-0.15, -0.1) is 24.0 Å². The molecule has 2 N–H and O–H groups in total. The van der Waals surface area contributed by atoms with E-state index in [0.717, 1.165) is 58.3 Å². The Morgan fingerprint density at radius 3 is 2.58 bits per heavy atom. The van der Waals surface area contributed by atoms with Crippen LogP contribution in [0.2, 0.25) is 0 Å². The molecule has 2 rings (SSSR count). The smallest absolute Gasteiger partial charge is 0.190 e. The van der Waals surface area contributed by atoms with Gasteiger partial charge in [-0.3, -0.25) is 9.89 Å². The molecule has 0 bridgehead atoms. The lowest BCUT2D eigenvalue weighted by atomic mass is 10.1. The minimum absolute atomic E-state index is 0. The molecule has 1 fully saturated rings. The molecule has 1 unspecified atom stereocenters. The second-order valence-electron chi connectivity index (χ2n) is 6.13. The standard InChI is InChI=1S/C18H30N4O.HI/c1-16(15-22-10-12-23-13-11-22)14-21-18(19-2)20-9-8-17-6-4-3-5-7-17;/h3-7,16H,8-15H2,1-2H3,(H2,19,20,21);1H. The van der Waals surface area contributed by atoms with Crippen LogP contribution < -0.4 is 10.6 Å². The summed E-state index contributed by atoms with van der Waals surface area (Å²) in [4.78, 5) is 6.77. The van der Waals surface area contributed by atoms with Gasteiger partial charge in [-0.05, 0) is 17.9 Å². The number of hydrogen-bond acceptors (Lipinski definition) is 3. The normalized spacial score (nSPS) is 17.0. The molecule has 0 saturated carbocycles. The molecule has 24 heavy (non-hydrogen) atoms. The lowest BCUT2D eigenvalue weighted by Gasteiger charge is -2.29. The van der Waals surface area contributed by atoms with Crippen molar-refractivity contribution in [2.24, 2.45) is 10.9 Å². The number of morpholine rings is 1. The molecular weight excluding hydrogens is 415 g/mol. The van der Waals surface area contributed by atoms with E-state index >= 15 is 0 Å². The minimum Gasteiger partial charge on any atom is -0.379 e. The molecule has 1 aliphatic rings. The largest absolute Gasteiger partial charge is 0.379 e. The SMILES string of the molecule is CN=C(NCCc1ccccc1)NCC(C)CN1CCOCC1.I. The predicted molar refractivity (Wildman–Crippen MR) is 111 cm³/mol. The highest BCUT2D eigenvalue weighted by Crippen LogP contribution is 2.02. The molecular formula is C18H31IN4O. The number of halogens is 1. The summed E-state index contributed by atoms with van der Waals surface area (Å²) in [5.41, 5.74) is 1.34. The number of nitrogens with one attached hydrogen (secondary N) is 2. The van der Waals surface area contributed by atoms with Gasteiger partial charge >= 0.3 is 0 Å². The topological polar surface area (TPSA) is 48.9 Å². The molecule has 1 aliphatic heterocycles. The van der Waals surface area contributed by atoms with E-state index in [1.54, 1.807) is 0 Å². The van der Waals surface area contributed by atoms with Gasteiger partial charge in [-0.1, -0.05) is 37.3 Å². The molecule has 0 amide bonds. The fraction of sp³-hybridized carbons (Fsp3) is 0.611. The van der Waals surface area contributed by atoms with Crippen LogP contribution in [0.3, 0.4) is 0 Å². The Labute approximate surface area is 163 Å². The fourth-order valence-corrected chi connectivity index (χ4v) is 2.75. The highest BCUT2D eigenvalue weighted by Gasteiger charge is 2.13.